The van der Waals surface area contributed by atoms with Crippen molar-refractivity contribution in [2.45, 2.75) is 0 Å². The van der Waals surface area contributed by atoms with E-state index in [9.17, 15) is 24.5 Å². The van der Waals surface area contributed by atoms with Crippen LogP contribution in [0.3, 0.4) is 0 Å². The fourth-order valence-corrected chi connectivity index (χ4v) is 2.30. The summed E-state index contributed by atoms with van der Waals surface area (Å²) in [4.78, 5) is 45.5. The number of hydrogen-bond acceptors (Lipinski definition) is 6. The first-order valence-electron chi connectivity index (χ1n) is 8.22. The predicted molar refractivity (Wildman–Crippen MR) is 106 cm³/mol. The number of halogens is 1. The van der Waals surface area contributed by atoms with Gasteiger partial charge in [-0.25, -0.2) is 5.43 Å². The Bertz CT molecular complexity index is 963. The third-order valence-corrected chi connectivity index (χ3v) is 3.79. The Balaban J connectivity index is 1.72. The molecule has 0 aliphatic carbocycles. The average molecular weight is 418 g/mol. The first-order chi connectivity index (χ1) is 13.9. The van der Waals surface area contributed by atoms with Crippen molar-refractivity contribution in [3.63, 3.8) is 0 Å². The lowest BCUT2D eigenvalue weighted by Gasteiger charge is -2.07. The smallest absolute Gasteiger partial charge is 0.270 e. The number of amides is 3. The van der Waals surface area contributed by atoms with Crippen LogP contribution in [-0.2, 0) is 9.59 Å². The average Bonchev–Trinajstić information content (AvgIpc) is 2.71. The Labute approximate surface area is 170 Å². The molecule has 0 aliphatic heterocycles. The Kier molecular flexibility index (Phi) is 7.80. The summed E-state index contributed by atoms with van der Waals surface area (Å²) in [6, 6.07) is 12.1. The molecule has 29 heavy (non-hydrogen) atoms. The normalized spacial score (nSPS) is 10.4. The number of carbonyl (C=O) groups excluding carboxylic acids is 3. The van der Waals surface area contributed by atoms with E-state index in [-0.39, 0.29) is 29.4 Å². The van der Waals surface area contributed by atoms with Gasteiger partial charge in [0.1, 0.15) is 0 Å². The molecule has 0 fully saturated rings. The second-order valence-corrected chi connectivity index (χ2v) is 5.99. The van der Waals surface area contributed by atoms with E-state index in [0.717, 1.165) is 0 Å². The van der Waals surface area contributed by atoms with Gasteiger partial charge in [0, 0.05) is 17.7 Å². The fourth-order valence-electron chi connectivity index (χ4n) is 2.08. The molecule has 0 saturated carbocycles. The van der Waals surface area contributed by atoms with Gasteiger partial charge in [0.2, 0.25) is 5.91 Å². The van der Waals surface area contributed by atoms with Gasteiger partial charge in [-0.15, -0.1) is 0 Å². The van der Waals surface area contributed by atoms with Crippen molar-refractivity contribution in [2.75, 3.05) is 13.1 Å². The van der Waals surface area contributed by atoms with Gasteiger partial charge in [0.25, 0.3) is 17.5 Å². The summed E-state index contributed by atoms with van der Waals surface area (Å²) in [6.45, 7) is -0.707. The third-order valence-electron chi connectivity index (χ3n) is 3.46. The van der Waals surface area contributed by atoms with E-state index in [4.69, 9.17) is 11.6 Å². The highest BCUT2D eigenvalue weighted by atomic mass is 35.5. The number of rotatable bonds is 8. The SMILES string of the molecule is O=C(CNC(=O)c1ccccc1Cl)NCC(=O)N/N=C\c1cccc([N+](=O)[O-])c1. The topological polar surface area (TPSA) is 143 Å². The van der Waals surface area contributed by atoms with E-state index in [0.29, 0.717) is 5.56 Å². The number of hydrogen-bond donors (Lipinski definition) is 3. The summed E-state index contributed by atoms with van der Waals surface area (Å²) >= 11 is 5.89. The van der Waals surface area contributed by atoms with Crippen molar-refractivity contribution < 1.29 is 19.3 Å². The summed E-state index contributed by atoms with van der Waals surface area (Å²) in [5, 5.41) is 19.3. The van der Waals surface area contributed by atoms with E-state index in [1.807, 2.05) is 0 Å². The summed E-state index contributed by atoms with van der Waals surface area (Å²) < 4.78 is 0. The maximum Gasteiger partial charge on any atom is 0.270 e. The molecule has 2 aromatic rings. The van der Waals surface area contributed by atoms with Gasteiger partial charge in [-0.1, -0.05) is 35.9 Å². The maximum absolute atomic E-state index is 11.9. The molecule has 10 nitrogen and oxygen atoms in total. The second kappa shape index (κ2) is 10.5. The van der Waals surface area contributed by atoms with Gasteiger partial charge in [-0.2, -0.15) is 5.10 Å². The number of non-ortho nitro benzene ring substituents is 1. The summed E-state index contributed by atoms with van der Waals surface area (Å²) in [6.07, 6.45) is 1.23. The molecule has 3 N–H and O–H groups in total. The highest BCUT2D eigenvalue weighted by Gasteiger charge is 2.11. The molecule has 0 atom stereocenters. The van der Waals surface area contributed by atoms with Crippen LogP contribution in [0, 0.1) is 10.1 Å². The number of nitro benzene ring substituents is 1. The Hall–Kier alpha value is -3.79. The molecule has 0 heterocycles. The summed E-state index contributed by atoms with van der Waals surface area (Å²) in [5.41, 5.74) is 2.72. The Morgan fingerprint density at radius 3 is 2.48 bits per heavy atom. The van der Waals surface area contributed by atoms with Gasteiger partial charge >= 0.3 is 0 Å². The molecule has 0 saturated heterocycles. The van der Waals surface area contributed by atoms with E-state index >= 15 is 0 Å². The van der Waals surface area contributed by atoms with Gasteiger partial charge < -0.3 is 10.6 Å². The molecule has 3 amide bonds. The molecule has 0 bridgehead atoms. The number of nitro groups is 1. The molecule has 0 spiro atoms. The van der Waals surface area contributed by atoms with Crippen LogP contribution in [0.5, 0.6) is 0 Å². The predicted octanol–water partition coefficient (Wildman–Crippen LogP) is 1.24. The van der Waals surface area contributed by atoms with Crippen molar-refractivity contribution in [2.24, 2.45) is 5.10 Å². The van der Waals surface area contributed by atoms with Crippen LogP contribution in [0.2, 0.25) is 5.02 Å². The van der Waals surface area contributed by atoms with Crippen LogP contribution in [0.25, 0.3) is 0 Å². The molecule has 0 aromatic heterocycles. The van der Waals surface area contributed by atoms with Crippen LogP contribution < -0.4 is 16.1 Å². The molecule has 0 aliphatic rings. The third kappa shape index (κ3) is 7.03. The Morgan fingerprint density at radius 1 is 1.03 bits per heavy atom. The molecular weight excluding hydrogens is 402 g/mol. The highest BCUT2D eigenvalue weighted by Crippen LogP contribution is 2.14. The molecule has 2 rings (SSSR count). The molecule has 2 aromatic carbocycles. The highest BCUT2D eigenvalue weighted by molar-refractivity contribution is 6.33. The zero-order valence-electron chi connectivity index (χ0n) is 14.9. The quantitative estimate of drug-likeness (QED) is 0.336. The maximum atomic E-state index is 11.9. The van der Waals surface area contributed by atoms with Crippen LogP contribution in [0.1, 0.15) is 15.9 Å². The van der Waals surface area contributed by atoms with Crippen LogP contribution in [0.4, 0.5) is 5.69 Å². The van der Waals surface area contributed by atoms with Crippen LogP contribution in [-0.4, -0.2) is 41.9 Å². The van der Waals surface area contributed by atoms with Gasteiger partial charge in [0.15, 0.2) is 0 Å². The Morgan fingerprint density at radius 2 is 1.76 bits per heavy atom. The number of nitrogens with one attached hydrogen (secondary N) is 3. The van der Waals surface area contributed by atoms with Crippen molar-refractivity contribution >= 4 is 41.2 Å². The minimum absolute atomic E-state index is 0.105. The van der Waals surface area contributed by atoms with Crippen molar-refractivity contribution in [1.82, 2.24) is 16.1 Å². The summed E-state index contributed by atoms with van der Waals surface area (Å²) in [7, 11) is 0. The van der Waals surface area contributed by atoms with E-state index in [1.54, 1.807) is 24.3 Å². The zero-order valence-corrected chi connectivity index (χ0v) is 15.7. The number of hydrazone groups is 1. The zero-order chi connectivity index (χ0) is 21.2. The van der Waals surface area contributed by atoms with Crippen LogP contribution in [0.15, 0.2) is 53.6 Å². The van der Waals surface area contributed by atoms with E-state index in [1.165, 1.54) is 30.5 Å². The van der Waals surface area contributed by atoms with Gasteiger partial charge in [-0.05, 0) is 12.1 Å². The fraction of sp³-hybridized carbons (Fsp3) is 0.111. The molecular formula is C18H16ClN5O5. The lowest BCUT2D eigenvalue weighted by Crippen LogP contribution is -2.41. The first-order valence-corrected chi connectivity index (χ1v) is 8.60. The molecule has 150 valence electrons. The molecule has 0 radical (unpaired) electrons. The van der Waals surface area contributed by atoms with Gasteiger partial charge in [0.05, 0.1) is 34.8 Å². The standard InChI is InChI=1S/C18H16ClN5O5/c19-15-7-2-1-6-14(15)18(27)21-10-16(25)20-11-17(26)23-22-9-12-4-3-5-13(8-12)24(28)29/h1-9H,10-11H2,(H,20,25)(H,21,27)(H,23,26)/b22-9-. The minimum atomic E-state index is -0.613. The van der Waals surface area contributed by atoms with Crippen molar-refractivity contribution in [3.8, 4) is 0 Å². The minimum Gasteiger partial charge on any atom is -0.345 e. The van der Waals surface area contributed by atoms with E-state index < -0.39 is 22.6 Å². The van der Waals surface area contributed by atoms with Gasteiger partial charge in [-0.3, -0.25) is 24.5 Å². The summed E-state index contributed by atoms with van der Waals surface area (Å²) in [5.74, 6) is -1.71. The van der Waals surface area contributed by atoms with Crippen molar-refractivity contribution in [1.29, 1.82) is 0 Å². The first kappa shape index (κ1) is 21.5. The number of carbonyl (C=O) groups is 3. The number of benzene rings is 2. The van der Waals surface area contributed by atoms with Crippen molar-refractivity contribution in [3.05, 3.63) is 74.8 Å². The lowest BCUT2D eigenvalue weighted by atomic mass is 10.2. The molecule has 0 unspecified atom stereocenters. The van der Waals surface area contributed by atoms with Crippen LogP contribution >= 0.6 is 11.6 Å². The monoisotopic (exact) mass is 417 g/mol. The molecule has 11 heteroatoms. The lowest BCUT2D eigenvalue weighted by molar-refractivity contribution is -0.384. The van der Waals surface area contributed by atoms with E-state index in [2.05, 4.69) is 21.2 Å². The second-order valence-electron chi connectivity index (χ2n) is 5.58. The largest absolute Gasteiger partial charge is 0.345 e. The number of nitrogens with zero attached hydrogens (tertiary/aromatic N) is 2.